The van der Waals surface area contributed by atoms with Gasteiger partial charge in [0, 0.05) is 37.1 Å². The van der Waals surface area contributed by atoms with E-state index in [0.717, 1.165) is 29.6 Å². The lowest BCUT2D eigenvalue weighted by molar-refractivity contribution is 0.0730. The van der Waals surface area contributed by atoms with Gasteiger partial charge in [-0.05, 0) is 11.6 Å². The van der Waals surface area contributed by atoms with Gasteiger partial charge in [0.25, 0.3) is 5.91 Å². The number of nitrogens with two attached hydrogens (primary N) is 1. The van der Waals surface area contributed by atoms with Crippen molar-refractivity contribution in [2.75, 3.05) is 31.9 Å². The molecule has 7 nitrogen and oxygen atoms in total. The third kappa shape index (κ3) is 2.10. The molecular weight excluding hydrogens is 282 g/mol. The average Bonchev–Trinajstić information content (AvgIpc) is 3.05. The Morgan fingerprint density at radius 3 is 2.86 bits per heavy atom. The highest BCUT2D eigenvalue weighted by Gasteiger charge is 2.23. The normalized spacial score (nSPS) is 17.7. The molecule has 0 bridgehead atoms. The smallest absolute Gasteiger partial charge is 0.272 e. The minimum atomic E-state index is -0.0344. The lowest BCUT2D eigenvalue weighted by Crippen LogP contribution is -2.46. The maximum atomic E-state index is 12.6. The number of piperazine rings is 1. The van der Waals surface area contributed by atoms with Gasteiger partial charge in [0.2, 0.25) is 0 Å². The topological polar surface area (TPSA) is 93.4 Å². The molecule has 0 radical (unpaired) electrons. The third-order valence-corrected chi connectivity index (χ3v) is 4.24. The van der Waals surface area contributed by atoms with Crippen molar-refractivity contribution in [3.8, 4) is 0 Å². The van der Waals surface area contributed by atoms with Crippen molar-refractivity contribution >= 4 is 22.6 Å². The van der Waals surface area contributed by atoms with Crippen LogP contribution >= 0.6 is 0 Å². The lowest BCUT2D eigenvalue weighted by atomic mass is 10.1. The first-order valence-corrected chi connectivity index (χ1v) is 7.39. The number of rotatable bonds is 1. The van der Waals surface area contributed by atoms with Crippen molar-refractivity contribution in [2.24, 2.45) is 0 Å². The first-order chi connectivity index (χ1) is 10.7. The first-order valence-electron chi connectivity index (χ1n) is 7.39. The van der Waals surface area contributed by atoms with Crippen LogP contribution in [0.4, 0.5) is 5.82 Å². The standard InChI is InChI=1S/C15H17N5O2/c16-14-11-8-22-7-10(11)9-5-12(18-6-13(9)19-14)15(21)20-3-1-17-2-4-20/h5-6,17H,1-4,7-8H2,(H2,16,19). The zero-order valence-electron chi connectivity index (χ0n) is 12.1. The maximum absolute atomic E-state index is 12.6. The molecule has 22 heavy (non-hydrogen) atoms. The van der Waals surface area contributed by atoms with Crippen LogP contribution in [0.1, 0.15) is 21.6 Å². The first kappa shape index (κ1) is 13.4. The Labute approximate surface area is 127 Å². The molecule has 4 heterocycles. The SMILES string of the molecule is Nc1nc2cnc(C(=O)N3CCNCC3)cc2c2c1COC2. The van der Waals surface area contributed by atoms with Gasteiger partial charge in [0.1, 0.15) is 11.5 Å². The van der Waals surface area contributed by atoms with Gasteiger partial charge in [-0.1, -0.05) is 0 Å². The number of anilines is 1. The van der Waals surface area contributed by atoms with Crippen LogP contribution in [0.5, 0.6) is 0 Å². The van der Waals surface area contributed by atoms with Gasteiger partial charge in [-0.25, -0.2) is 9.97 Å². The van der Waals surface area contributed by atoms with Crippen molar-refractivity contribution in [1.82, 2.24) is 20.2 Å². The second kappa shape index (κ2) is 5.19. The van der Waals surface area contributed by atoms with E-state index >= 15 is 0 Å². The Morgan fingerprint density at radius 1 is 1.27 bits per heavy atom. The number of hydrogen-bond acceptors (Lipinski definition) is 6. The van der Waals surface area contributed by atoms with Gasteiger partial charge in [-0.15, -0.1) is 0 Å². The van der Waals surface area contributed by atoms with Gasteiger partial charge in [0.05, 0.1) is 24.9 Å². The molecule has 0 saturated carbocycles. The second-order valence-electron chi connectivity index (χ2n) is 5.58. The highest BCUT2D eigenvalue weighted by Crippen LogP contribution is 2.31. The van der Waals surface area contributed by atoms with Crippen LogP contribution in [0.25, 0.3) is 10.9 Å². The zero-order valence-corrected chi connectivity index (χ0v) is 12.1. The minimum Gasteiger partial charge on any atom is -0.383 e. The number of nitrogens with one attached hydrogen (secondary N) is 1. The van der Waals surface area contributed by atoms with E-state index in [1.54, 1.807) is 6.20 Å². The summed E-state index contributed by atoms with van der Waals surface area (Å²) >= 11 is 0. The van der Waals surface area contributed by atoms with Crippen LogP contribution < -0.4 is 11.1 Å². The Bertz CT molecular complexity index is 755. The summed E-state index contributed by atoms with van der Waals surface area (Å²) in [6.45, 7) is 4.04. The number of fused-ring (bicyclic) bond motifs is 3. The average molecular weight is 299 g/mol. The summed E-state index contributed by atoms with van der Waals surface area (Å²) in [4.78, 5) is 23.0. The molecule has 1 amide bonds. The fraction of sp³-hybridized carbons (Fsp3) is 0.400. The number of ether oxygens (including phenoxy) is 1. The highest BCUT2D eigenvalue weighted by atomic mass is 16.5. The van der Waals surface area contributed by atoms with Crippen LogP contribution in [0, 0.1) is 0 Å². The Hall–Kier alpha value is -2.25. The number of pyridine rings is 2. The number of amides is 1. The molecule has 4 rings (SSSR count). The number of hydrogen-bond donors (Lipinski definition) is 2. The summed E-state index contributed by atoms with van der Waals surface area (Å²) < 4.78 is 5.48. The van der Waals surface area contributed by atoms with Crippen molar-refractivity contribution in [1.29, 1.82) is 0 Å². The molecule has 2 aliphatic heterocycles. The molecule has 2 aromatic heterocycles. The zero-order chi connectivity index (χ0) is 15.1. The maximum Gasteiger partial charge on any atom is 0.272 e. The van der Waals surface area contributed by atoms with E-state index in [4.69, 9.17) is 10.5 Å². The predicted octanol–water partition coefficient (Wildman–Crippen LogP) is 0.288. The van der Waals surface area contributed by atoms with E-state index in [9.17, 15) is 4.79 Å². The molecule has 2 aliphatic rings. The molecule has 3 N–H and O–H groups in total. The van der Waals surface area contributed by atoms with Crippen molar-refractivity contribution < 1.29 is 9.53 Å². The van der Waals surface area contributed by atoms with Gasteiger partial charge in [-0.3, -0.25) is 4.79 Å². The molecule has 1 saturated heterocycles. The summed E-state index contributed by atoms with van der Waals surface area (Å²) in [6.07, 6.45) is 1.62. The van der Waals surface area contributed by atoms with E-state index in [1.165, 1.54) is 0 Å². The van der Waals surface area contributed by atoms with Crippen molar-refractivity contribution in [3.63, 3.8) is 0 Å². The second-order valence-corrected chi connectivity index (χ2v) is 5.58. The van der Waals surface area contributed by atoms with Crippen molar-refractivity contribution in [3.05, 3.63) is 29.1 Å². The van der Waals surface area contributed by atoms with Crippen LogP contribution in [0.3, 0.4) is 0 Å². The summed E-state index contributed by atoms with van der Waals surface area (Å²) in [5, 5.41) is 4.15. The number of carbonyl (C=O) groups excluding carboxylic acids is 1. The van der Waals surface area contributed by atoms with Gasteiger partial charge >= 0.3 is 0 Å². The van der Waals surface area contributed by atoms with Crippen LogP contribution in [-0.4, -0.2) is 47.0 Å². The largest absolute Gasteiger partial charge is 0.383 e. The van der Waals surface area contributed by atoms with Gasteiger partial charge in [0.15, 0.2) is 0 Å². The summed E-state index contributed by atoms with van der Waals surface area (Å²) in [5.41, 5.74) is 9.07. The van der Waals surface area contributed by atoms with E-state index in [2.05, 4.69) is 15.3 Å². The monoisotopic (exact) mass is 299 g/mol. The van der Waals surface area contributed by atoms with Gasteiger partial charge in [-0.2, -0.15) is 0 Å². The predicted molar refractivity (Wildman–Crippen MR) is 81.2 cm³/mol. The molecule has 0 unspecified atom stereocenters. The quantitative estimate of drug-likeness (QED) is 0.786. The molecule has 1 fully saturated rings. The molecule has 2 aromatic rings. The number of nitrogens with zero attached hydrogens (tertiary/aromatic N) is 3. The molecule has 0 aliphatic carbocycles. The van der Waals surface area contributed by atoms with Crippen LogP contribution in [-0.2, 0) is 18.0 Å². The summed E-state index contributed by atoms with van der Waals surface area (Å²) in [7, 11) is 0. The third-order valence-electron chi connectivity index (χ3n) is 4.24. The molecular formula is C15H17N5O2. The Kier molecular flexibility index (Phi) is 3.16. The van der Waals surface area contributed by atoms with Crippen LogP contribution in [0.2, 0.25) is 0 Å². The minimum absolute atomic E-state index is 0.0344. The highest BCUT2D eigenvalue weighted by molar-refractivity contribution is 5.97. The summed E-state index contributed by atoms with van der Waals surface area (Å²) in [6, 6.07) is 1.82. The molecule has 114 valence electrons. The van der Waals surface area contributed by atoms with E-state index in [-0.39, 0.29) is 5.91 Å². The van der Waals surface area contributed by atoms with E-state index < -0.39 is 0 Å². The van der Waals surface area contributed by atoms with Crippen molar-refractivity contribution in [2.45, 2.75) is 13.2 Å². The lowest BCUT2D eigenvalue weighted by Gasteiger charge is -2.27. The Balaban J connectivity index is 1.77. The molecule has 0 spiro atoms. The number of nitrogen functional groups attached to an aromatic ring is 1. The molecule has 0 aromatic carbocycles. The molecule has 0 atom stereocenters. The van der Waals surface area contributed by atoms with Crippen LogP contribution in [0.15, 0.2) is 12.3 Å². The Morgan fingerprint density at radius 2 is 2.05 bits per heavy atom. The number of carbonyl (C=O) groups is 1. The van der Waals surface area contributed by atoms with E-state index in [1.807, 2.05) is 11.0 Å². The van der Waals surface area contributed by atoms with E-state index in [0.29, 0.717) is 43.3 Å². The van der Waals surface area contributed by atoms with Gasteiger partial charge < -0.3 is 20.7 Å². The molecule has 7 heteroatoms. The fourth-order valence-corrected chi connectivity index (χ4v) is 3.02. The number of aromatic nitrogens is 2. The fourth-order valence-electron chi connectivity index (χ4n) is 3.02. The summed E-state index contributed by atoms with van der Waals surface area (Å²) in [5.74, 6) is 0.455.